The number of rotatable bonds is 3. The number of benzene rings is 1. The Kier molecular flexibility index (Phi) is 3.70. The van der Waals surface area contributed by atoms with Gasteiger partial charge >= 0.3 is 0 Å². The molecule has 0 fully saturated rings. The van der Waals surface area contributed by atoms with Crippen LogP contribution in [0.2, 0.25) is 0 Å². The fraction of sp³-hybridized carbons (Fsp3) is 0.500. The van der Waals surface area contributed by atoms with Gasteiger partial charge in [-0.2, -0.15) is 0 Å². The number of nitrogens with zero attached hydrogens (tertiary/aromatic N) is 1. The third-order valence-corrected chi connectivity index (χ3v) is 5.78. The van der Waals surface area contributed by atoms with Gasteiger partial charge in [0.25, 0.3) is 0 Å². The van der Waals surface area contributed by atoms with Crippen molar-refractivity contribution in [2.75, 3.05) is 20.2 Å². The number of aryl methyl sites for hydroxylation is 1. The SMILES string of the molecule is C=CCN1CCC23C=CC(O)CC2Oc2c(OC)cc(C)c(c23)C1. The van der Waals surface area contributed by atoms with Crippen molar-refractivity contribution in [1.29, 1.82) is 0 Å². The van der Waals surface area contributed by atoms with Crippen molar-refractivity contribution in [2.24, 2.45) is 0 Å². The fourth-order valence-electron chi connectivity index (χ4n) is 4.56. The van der Waals surface area contributed by atoms with E-state index in [-0.39, 0.29) is 11.5 Å². The maximum atomic E-state index is 10.1. The lowest BCUT2D eigenvalue weighted by Gasteiger charge is -2.36. The molecule has 0 aromatic heterocycles. The largest absolute Gasteiger partial charge is 0.493 e. The van der Waals surface area contributed by atoms with Crippen LogP contribution in [0.3, 0.4) is 0 Å². The summed E-state index contributed by atoms with van der Waals surface area (Å²) in [7, 11) is 1.70. The van der Waals surface area contributed by atoms with E-state index in [0.29, 0.717) is 6.42 Å². The summed E-state index contributed by atoms with van der Waals surface area (Å²) in [5.41, 5.74) is 3.71. The second-order valence-corrected chi connectivity index (χ2v) is 7.16. The van der Waals surface area contributed by atoms with Crippen molar-refractivity contribution in [3.8, 4) is 11.5 Å². The Balaban J connectivity index is 1.93. The number of hydrogen-bond donors (Lipinski definition) is 1. The summed E-state index contributed by atoms with van der Waals surface area (Å²) in [6, 6.07) is 2.08. The lowest BCUT2D eigenvalue weighted by atomic mass is 9.68. The first-order valence-electron chi connectivity index (χ1n) is 8.67. The summed E-state index contributed by atoms with van der Waals surface area (Å²) in [4.78, 5) is 2.44. The molecule has 3 aliphatic rings. The summed E-state index contributed by atoms with van der Waals surface area (Å²) in [6.07, 6.45) is 7.27. The van der Waals surface area contributed by atoms with Crippen molar-refractivity contribution < 1.29 is 14.6 Å². The molecule has 0 saturated carbocycles. The van der Waals surface area contributed by atoms with Crippen LogP contribution in [0.15, 0.2) is 30.9 Å². The normalized spacial score (nSPS) is 31.0. The van der Waals surface area contributed by atoms with E-state index < -0.39 is 6.10 Å². The average Bonchev–Trinajstić information content (AvgIpc) is 2.79. The van der Waals surface area contributed by atoms with Crippen LogP contribution >= 0.6 is 0 Å². The maximum absolute atomic E-state index is 10.1. The highest BCUT2D eigenvalue weighted by Crippen LogP contribution is 2.56. The second kappa shape index (κ2) is 5.64. The highest BCUT2D eigenvalue weighted by atomic mass is 16.5. The Morgan fingerprint density at radius 2 is 2.38 bits per heavy atom. The topological polar surface area (TPSA) is 41.9 Å². The summed E-state index contributed by atoms with van der Waals surface area (Å²) >= 11 is 0. The van der Waals surface area contributed by atoms with E-state index in [1.54, 1.807) is 7.11 Å². The first-order chi connectivity index (χ1) is 11.6. The van der Waals surface area contributed by atoms with Gasteiger partial charge in [-0.05, 0) is 30.5 Å². The first-order valence-corrected chi connectivity index (χ1v) is 8.67. The molecule has 4 heteroatoms. The first kappa shape index (κ1) is 15.7. The van der Waals surface area contributed by atoms with E-state index in [4.69, 9.17) is 9.47 Å². The molecule has 0 radical (unpaired) electrons. The Bertz CT molecular complexity index is 711. The number of aliphatic hydroxyl groups is 1. The number of aliphatic hydroxyl groups excluding tert-OH is 1. The summed E-state index contributed by atoms with van der Waals surface area (Å²) < 4.78 is 12.0. The van der Waals surface area contributed by atoms with Crippen LogP contribution in [0.4, 0.5) is 0 Å². The lowest BCUT2D eigenvalue weighted by molar-refractivity contribution is 0.0816. The number of hydrogen-bond acceptors (Lipinski definition) is 4. The lowest BCUT2D eigenvalue weighted by Crippen LogP contribution is -2.43. The van der Waals surface area contributed by atoms with Gasteiger partial charge < -0.3 is 14.6 Å². The Labute approximate surface area is 143 Å². The molecular formula is C20H25NO3. The van der Waals surface area contributed by atoms with Gasteiger partial charge in [0.05, 0.1) is 18.6 Å². The predicted molar refractivity (Wildman–Crippen MR) is 93.7 cm³/mol. The molecule has 0 saturated heterocycles. The van der Waals surface area contributed by atoms with Crippen molar-refractivity contribution in [1.82, 2.24) is 4.90 Å². The zero-order valence-electron chi connectivity index (χ0n) is 14.4. The van der Waals surface area contributed by atoms with Gasteiger partial charge in [-0.15, -0.1) is 6.58 Å². The number of ether oxygens (including phenoxy) is 2. The molecule has 4 nitrogen and oxygen atoms in total. The van der Waals surface area contributed by atoms with Gasteiger partial charge in [-0.3, -0.25) is 4.90 Å². The Morgan fingerprint density at radius 1 is 1.54 bits per heavy atom. The molecular weight excluding hydrogens is 302 g/mol. The highest BCUT2D eigenvalue weighted by molar-refractivity contribution is 5.63. The maximum Gasteiger partial charge on any atom is 0.166 e. The minimum atomic E-state index is -0.432. The van der Waals surface area contributed by atoms with Gasteiger partial charge in [-0.1, -0.05) is 18.2 Å². The van der Waals surface area contributed by atoms with Crippen LogP contribution in [-0.2, 0) is 12.0 Å². The Morgan fingerprint density at radius 3 is 3.12 bits per heavy atom. The molecule has 0 bridgehead atoms. The van der Waals surface area contributed by atoms with E-state index in [0.717, 1.165) is 37.6 Å². The van der Waals surface area contributed by atoms with Crippen molar-refractivity contribution in [3.63, 3.8) is 0 Å². The number of methoxy groups -OCH3 is 1. The summed E-state index contributed by atoms with van der Waals surface area (Å²) in [5.74, 6) is 1.68. The summed E-state index contributed by atoms with van der Waals surface area (Å²) in [5, 5.41) is 10.1. The van der Waals surface area contributed by atoms with E-state index >= 15 is 0 Å². The molecule has 1 N–H and O–H groups in total. The van der Waals surface area contributed by atoms with Crippen LogP contribution in [0.1, 0.15) is 29.5 Å². The molecule has 2 heterocycles. The molecule has 3 atom stereocenters. The third-order valence-electron chi connectivity index (χ3n) is 5.78. The van der Waals surface area contributed by atoms with Gasteiger partial charge in [0, 0.05) is 31.6 Å². The van der Waals surface area contributed by atoms with Crippen LogP contribution in [0.25, 0.3) is 0 Å². The highest BCUT2D eigenvalue weighted by Gasteiger charge is 2.53. The molecule has 1 spiro atoms. The van der Waals surface area contributed by atoms with E-state index in [9.17, 15) is 5.11 Å². The zero-order valence-corrected chi connectivity index (χ0v) is 14.4. The molecule has 1 aliphatic carbocycles. The van der Waals surface area contributed by atoms with Gasteiger partial charge in [0.2, 0.25) is 0 Å². The Hall–Kier alpha value is -1.78. The third kappa shape index (κ3) is 2.13. The van der Waals surface area contributed by atoms with Crippen molar-refractivity contribution in [2.45, 2.75) is 43.9 Å². The smallest absolute Gasteiger partial charge is 0.166 e. The fourth-order valence-corrected chi connectivity index (χ4v) is 4.56. The van der Waals surface area contributed by atoms with Crippen LogP contribution < -0.4 is 9.47 Å². The van der Waals surface area contributed by atoms with E-state index in [1.165, 1.54) is 16.7 Å². The molecule has 3 unspecified atom stereocenters. The minimum absolute atomic E-state index is 0.0226. The molecule has 2 aliphatic heterocycles. The molecule has 4 rings (SSSR count). The second-order valence-electron chi connectivity index (χ2n) is 7.16. The predicted octanol–water partition coefficient (Wildman–Crippen LogP) is 2.71. The van der Waals surface area contributed by atoms with Crippen molar-refractivity contribution >= 4 is 0 Å². The van der Waals surface area contributed by atoms with E-state index in [2.05, 4.69) is 30.5 Å². The average molecular weight is 327 g/mol. The zero-order chi connectivity index (χ0) is 16.9. The van der Waals surface area contributed by atoms with Gasteiger partial charge in [-0.25, -0.2) is 0 Å². The van der Waals surface area contributed by atoms with Gasteiger partial charge in [0.15, 0.2) is 11.5 Å². The molecule has 0 amide bonds. The van der Waals surface area contributed by atoms with Crippen LogP contribution in [0.5, 0.6) is 11.5 Å². The molecule has 128 valence electrons. The van der Waals surface area contributed by atoms with E-state index in [1.807, 2.05) is 12.2 Å². The quantitative estimate of drug-likeness (QED) is 0.867. The molecule has 1 aromatic carbocycles. The van der Waals surface area contributed by atoms with Crippen LogP contribution in [-0.4, -0.2) is 42.4 Å². The minimum Gasteiger partial charge on any atom is -0.493 e. The molecule has 24 heavy (non-hydrogen) atoms. The monoisotopic (exact) mass is 327 g/mol. The van der Waals surface area contributed by atoms with Gasteiger partial charge in [0.1, 0.15) is 6.10 Å². The molecule has 1 aromatic rings. The standard InChI is InChI=1S/C20H25NO3/c1-4-8-21-9-7-20-6-5-14(22)11-17(20)24-19-16(23-3)10-13(2)15(12-21)18(19)20/h4-6,10,14,17,22H,1,7-9,11-12H2,2-3H3. The van der Waals surface area contributed by atoms with Crippen molar-refractivity contribution in [3.05, 3.63) is 47.6 Å². The summed E-state index contributed by atoms with van der Waals surface area (Å²) in [6.45, 7) is 8.82. The van der Waals surface area contributed by atoms with Crippen LogP contribution in [0, 0.1) is 6.92 Å².